The highest BCUT2D eigenvalue weighted by Gasteiger charge is 1.77. The number of aliphatic imine (C=N–C) groups is 1. The molecule has 1 aromatic heterocycles. The van der Waals surface area contributed by atoms with Crippen LogP contribution in [0.25, 0.3) is 12.7 Å². The van der Waals surface area contributed by atoms with Gasteiger partial charge in [0.15, 0.2) is 0 Å². The van der Waals surface area contributed by atoms with E-state index in [1.54, 1.807) is 19.5 Å². The molecule has 0 aromatic carbocycles. The van der Waals surface area contributed by atoms with Crippen molar-refractivity contribution in [1.29, 1.82) is 0 Å². The van der Waals surface area contributed by atoms with Gasteiger partial charge in [0.25, 0.3) is 0 Å². The van der Waals surface area contributed by atoms with E-state index in [9.17, 15) is 0 Å². The van der Waals surface area contributed by atoms with Gasteiger partial charge in [-0.25, -0.2) is 0 Å². The molecule has 56 valence electrons. The normalized spacial score (nSPS) is 12.6. The van der Waals surface area contributed by atoms with Crippen LogP contribution in [0.3, 0.4) is 0 Å². The van der Waals surface area contributed by atoms with E-state index in [1.165, 1.54) is 0 Å². The summed E-state index contributed by atoms with van der Waals surface area (Å²) in [5.74, 6) is 0. The maximum Gasteiger partial charge on any atom is 0.0711 e. The fourth-order valence-corrected chi connectivity index (χ4v) is 0.746. The van der Waals surface area contributed by atoms with E-state index >= 15 is 0 Å². The number of aromatic nitrogens is 1. The summed E-state index contributed by atoms with van der Waals surface area (Å²) in [4.78, 5) is 7.93. The number of pyridine rings is 1. The van der Waals surface area contributed by atoms with E-state index in [2.05, 4.69) is 16.6 Å². The second kappa shape index (κ2) is 3.66. The Balaban J connectivity index is 3.24. The maximum atomic E-state index is 4.11. The third kappa shape index (κ3) is 2.00. The lowest BCUT2D eigenvalue weighted by atomic mass is 10.3. The van der Waals surface area contributed by atoms with Gasteiger partial charge in [0.1, 0.15) is 0 Å². The minimum Gasteiger partial charge on any atom is -0.296 e. The highest BCUT2D eigenvalue weighted by atomic mass is 14.7. The first-order valence-electron chi connectivity index (χ1n) is 3.37. The van der Waals surface area contributed by atoms with E-state index in [0.29, 0.717) is 0 Å². The van der Waals surface area contributed by atoms with Gasteiger partial charge in [0.2, 0.25) is 0 Å². The van der Waals surface area contributed by atoms with Crippen molar-refractivity contribution in [2.75, 3.05) is 7.05 Å². The van der Waals surface area contributed by atoms with Gasteiger partial charge in [-0.2, -0.15) is 0 Å². The first-order valence-corrected chi connectivity index (χ1v) is 3.37. The second-order valence-corrected chi connectivity index (χ2v) is 2.12. The van der Waals surface area contributed by atoms with Gasteiger partial charge >= 0.3 is 0 Å². The molecule has 1 aromatic rings. The Morgan fingerprint density at radius 1 is 1.64 bits per heavy atom. The minimum atomic E-state index is 0.873. The van der Waals surface area contributed by atoms with Crippen LogP contribution in [0.1, 0.15) is 0 Å². The van der Waals surface area contributed by atoms with Crippen molar-refractivity contribution in [3.8, 4) is 0 Å². The van der Waals surface area contributed by atoms with Crippen LogP contribution < -0.4 is 10.6 Å². The smallest absolute Gasteiger partial charge is 0.0711 e. The average molecular weight is 146 g/mol. The lowest BCUT2D eigenvalue weighted by Gasteiger charge is -1.83. The molecular weight excluding hydrogens is 136 g/mol. The molecule has 0 fully saturated rings. The standard InChI is InChI=1S/C9H10N2/c1-8-4-3-6-11-9(8)5-7-10-2/h3-7H,1H2,2H3/b9-5+,10-7?. The zero-order valence-electron chi connectivity index (χ0n) is 6.49. The maximum absolute atomic E-state index is 4.11. The Labute approximate surface area is 65.6 Å². The Bertz CT molecular complexity index is 352. The molecule has 1 heterocycles. The highest BCUT2D eigenvalue weighted by molar-refractivity contribution is 5.90. The molecular formula is C9H10N2. The highest BCUT2D eigenvalue weighted by Crippen LogP contribution is 1.63. The van der Waals surface area contributed by atoms with Crippen molar-refractivity contribution in [3.63, 3.8) is 0 Å². The van der Waals surface area contributed by atoms with E-state index < -0.39 is 0 Å². The monoisotopic (exact) mass is 146 g/mol. The van der Waals surface area contributed by atoms with E-state index in [0.717, 1.165) is 10.6 Å². The van der Waals surface area contributed by atoms with Crippen LogP contribution in [0.5, 0.6) is 0 Å². The van der Waals surface area contributed by atoms with Crippen LogP contribution in [-0.2, 0) is 0 Å². The van der Waals surface area contributed by atoms with Gasteiger partial charge in [-0.05, 0) is 17.4 Å². The van der Waals surface area contributed by atoms with E-state index in [1.807, 2.05) is 18.2 Å². The molecule has 0 saturated carbocycles. The topological polar surface area (TPSA) is 25.2 Å². The molecule has 11 heavy (non-hydrogen) atoms. The van der Waals surface area contributed by atoms with Crippen LogP contribution in [0.4, 0.5) is 0 Å². The Kier molecular flexibility index (Phi) is 2.55. The van der Waals surface area contributed by atoms with Crippen molar-refractivity contribution in [2.24, 2.45) is 4.99 Å². The van der Waals surface area contributed by atoms with Gasteiger partial charge in [-0.15, -0.1) is 0 Å². The fourth-order valence-electron chi connectivity index (χ4n) is 0.746. The fraction of sp³-hybridized carbons (Fsp3) is 0.111. The molecule has 0 aliphatic heterocycles. The first kappa shape index (κ1) is 7.66. The van der Waals surface area contributed by atoms with E-state index in [4.69, 9.17) is 0 Å². The molecule has 1 rings (SSSR count). The lowest BCUT2D eigenvalue weighted by Crippen LogP contribution is -2.25. The van der Waals surface area contributed by atoms with Crippen LogP contribution in [0, 0.1) is 0 Å². The Morgan fingerprint density at radius 3 is 3.09 bits per heavy atom. The van der Waals surface area contributed by atoms with Crippen LogP contribution in [0.15, 0.2) is 23.3 Å². The number of nitrogens with zero attached hydrogens (tertiary/aromatic N) is 2. The summed E-state index contributed by atoms with van der Waals surface area (Å²) < 4.78 is 0. The molecule has 0 atom stereocenters. The van der Waals surface area contributed by atoms with E-state index in [-0.39, 0.29) is 0 Å². The summed E-state index contributed by atoms with van der Waals surface area (Å²) in [6, 6.07) is 3.78. The van der Waals surface area contributed by atoms with Gasteiger partial charge in [-0.3, -0.25) is 9.98 Å². The van der Waals surface area contributed by atoms with Gasteiger partial charge < -0.3 is 0 Å². The van der Waals surface area contributed by atoms with Crippen molar-refractivity contribution < 1.29 is 0 Å². The summed E-state index contributed by atoms with van der Waals surface area (Å²) in [5, 5.41) is 1.80. The first-order chi connectivity index (χ1) is 5.34. The predicted molar refractivity (Wildman–Crippen MR) is 47.9 cm³/mol. The summed E-state index contributed by atoms with van der Waals surface area (Å²) in [6.45, 7) is 3.82. The van der Waals surface area contributed by atoms with Crippen LogP contribution >= 0.6 is 0 Å². The number of hydrogen-bond donors (Lipinski definition) is 0. The molecule has 0 radical (unpaired) electrons. The minimum absolute atomic E-state index is 0.873. The molecule has 2 nitrogen and oxygen atoms in total. The SMILES string of the molecule is C=c1cccn/c1=C/C=NC. The predicted octanol–water partition coefficient (Wildman–Crippen LogP) is -0.0270. The lowest BCUT2D eigenvalue weighted by molar-refractivity contribution is 1.23. The Morgan fingerprint density at radius 2 is 2.45 bits per heavy atom. The number of rotatable bonds is 1. The molecule has 0 saturated heterocycles. The third-order valence-electron chi connectivity index (χ3n) is 1.31. The largest absolute Gasteiger partial charge is 0.296 e. The molecule has 0 N–H and O–H groups in total. The summed E-state index contributed by atoms with van der Waals surface area (Å²) in [7, 11) is 1.72. The average Bonchev–Trinajstić information content (AvgIpc) is 2.03. The Hall–Kier alpha value is -1.44. The van der Waals surface area contributed by atoms with Crippen molar-refractivity contribution in [1.82, 2.24) is 4.98 Å². The number of hydrogen-bond acceptors (Lipinski definition) is 2. The zero-order valence-corrected chi connectivity index (χ0v) is 6.49. The summed E-state index contributed by atoms with van der Waals surface area (Å²) in [6.07, 6.45) is 5.28. The second-order valence-electron chi connectivity index (χ2n) is 2.12. The van der Waals surface area contributed by atoms with Crippen molar-refractivity contribution in [2.45, 2.75) is 0 Å². The molecule has 0 aliphatic rings. The van der Waals surface area contributed by atoms with Crippen LogP contribution in [-0.4, -0.2) is 18.2 Å². The quantitative estimate of drug-likeness (QED) is 0.511. The van der Waals surface area contributed by atoms with Gasteiger partial charge in [-0.1, -0.05) is 12.6 Å². The molecule has 0 bridgehead atoms. The van der Waals surface area contributed by atoms with Gasteiger partial charge in [0, 0.05) is 19.5 Å². The van der Waals surface area contributed by atoms with Crippen molar-refractivity contribution in [3.05, 3.63) is 28.9 Å². The zero-order chi connectivity index (χ0) is 8.10. The van der Waals surface area contributed by atoms with Gasteiger partial charge in [0.05, 0.1) is 5.35 Å². The summed E-state index contributed by atoms with van der Waals surface area (Å²) in [5.41, 5.74) is 0. The van der Waals surface area contributed by atoms with Crippen molar-refractivity contribution >= 4 is 18.9 Å². The third-order valence-corrected chi connectivity index (χ3v) is 1.31. The summed E-state index contributed by atoms with van der Waals surface area (Å²) >= 11 is 0. The molecule has 0 spiro atoms. The van der Waals surface area contributed by atoms with Crippen LogP contribution in [0.2, 0.25) is 0 Å². The molecule has 0 unspecified atom stereocenters. The molecule has 0 aliphatic carbocycles. The molecule has 0 amide bonds. The molecule has 2 heteroatoms.